The number of carbonyl (C=O) groups is 1. The standard InChI is InChI=1S/C15H28BrNO2/c1-13(2)12-15(6-3-4-7-15)14(18)17-9-5-10-19-11-8-16/h13H,3-12H2,1-2H3,(H,17,18). The molecule has 19 heavy (non-hydrogen) atoms. The second kappa shape index (κ2) is 8.96. The highest BCUT2D eigenvalue weighted by Crippen LogP contribution is 2.43. The average molecular weight is 334 g/mol. The van der Waals surface area contributed by atoms with Crippen molar-refractivity contribution in [2.75, 3.05) is 25.1 Å². The van der Waals surface area contributed by atoms with Crippen molar-refractivity contribution in [1.82, 2.24) is 5.32 Å². The van der Waals surface area contributed by atoms with Gasteiger partial charge in [0.15, 0.2) is 0 Å². The van der Waals surface area contributed by atoms with Crippen LogP contribution >= 0.6 is 15.9 Å². The monoisotopic (exact) mass is 333 g/mol. The Morgan fingerprint density at radius 2 is 2.00 bits per heavy atom. The molecule has 1 amide bonds. The average Bonchev–Trinajstić information content (AvgIpc) is 2.82. The SMILES string of the molecule is CC(C)CC1(C(=O)NCCCOCCBr)CCCC1. The van der Waals surface area contributed by atoms with Crippen molar-refractivity contribution >= 4 is 21.8 Å². The van der Waals surface area contributed by atoms with Gasteiger partial charge in [-0.2, -0.15) is 0 Å². The Bertz CT molecular complexity index is 263. The van der Waals surface area contributed by atoms with Crippen molar-refractivity contribution in [3.05, 3.63) is 0 Å². The van der Waals surface area contributed by atoms with E-state index in [1.807, 2.05) is 0 Å². The van der Waals surface area contributed by atoms with Gasteiger partial charge in [0.25, 0.3) is 0 Å². The minimum atomic E-state index is -0.0785. The van der Waals surface area contributed by atoms with Crippen LogP contribution in [0.5, 0.6) is 0 Å². The van der Waals surface area contributed by atoms with Crippen LogP contribution in [0.25, 0.3) is 0 Å². The summed E-state index contributed by atoms with van der Waals surface area (Å²) in [6.45, 7) is 6.62. The van der Waals surface area contributed by atoms with Crippen molar-refractivity contribution in [2.24, 2.45) is 11.3 Å². The topological polar surface area (TPSA) is 38.3 Å². The van der Waals surface area contributed by atoms with Gasteiger partial charge in [0, 0.05) is 23.9 Å². The number of halogens is 1. The van der Waals surface area contributed by atoms with Crippen LogP contribution in [0.4, 0.5) is 0 Å². The van der Waals surface area contributed by atoms with Gasteiger partial charge in [-0.1, -0.05) is 42.6 Å². The van der Waals surface area contributed by atoms with Crippen molar-refractivity contribution in [2.45, 2.75) is 52.4 Å². The summed E-state index contributed by atoms with van der Waals surface area (Å²) in [6, 6.07) is 0. The zero-order chi connectivity index (χ0) is 14.1. The lowest BCUT2D eigenvalue weighted by atomic mass is 9.77. The van der Waals surface area contributed by atoms with E-state index in [1.165, 1.54) is 12.8 Å². The van der Waals surface area contributed by atoms with Crippen LogP contribution in [0.2, 0.25) is 0 Å². The zero-order valence-electron chi connectivity index (χ0n) is 12.3. The molecule has 0 heterocycles. The van der Waals surface area contributed by atoms with Crippen molar-refractivity contribution in [3.8, 4) is 0 Å². The van der Waals surface area contributed by atoms with Gasteiger partial charge in [-0.15, -0.1) is 0 Å². The van der Waals surface area contributed by atoms with Gasteiger partial charge in [0.1, 0.15) is 0 Å². The molecule has 0 unspecified atom stereocenters. The zero-order valence-corrected chi connectivity index (χ0v) is 13.9. The predicted molar refractivity (Wildman–Crippen MR) is 82.6 cm³/mol. The second-order valence-corrected chi connectivity index (χ2v) is 6.79. The predicted octanol–water partition coefficient (Wildman–Crippen LogP) is 3.51. The van der Waals surface area contributed by atoms with Crippen LogP contribution < -0.4 is 5.32 Å². The maximum atomic E-state index is 12.4. The summed E-state index contributed by atoms with van der Waals surface area (Å²) in [7, 11) is 0. The molecular formula is C15H28BrNO2. The van der Waals surface area contributed by atoms with E-state index in [0.29, 0.717) is 5.92 Å². The summed E-state index contributed by atoms with van der Waals surface area (Å²) < 4.78 is 5.38. The third-order valence-corrected chi connectivity index (χ3v) is 4.14. The minimum absolute atomic E-state index is 0.0785. The number of alkyl halides is 1. The lowest BCUT2D eigenvalue weighted by Crippen LogP contribution is -2.40. The summed E-state index contributed by atoms with van der Waals surface area (Å²) in [6.07, 6.45) is 6.46. The molecule has 1 saturated carbocycles. The van der Waals surface area contributed by atoms with E-state index in [9.17, 15) is 4.79 Å². The van der Waals surface area contributed by atoms with E-state index < -0.39 is 0 Å². The van der Waals surface area contributed by atoms with E-state index in [-0.39, 0.29) is 11.3 Å². The first-order chi connectivity index (χ1) is 9.10. The highest BCUT2D eigenvalue weighted by atomic mass is 79.9. The Hall–Kier alpha value is -0.0900. The largest absolute Gasteiger partial charge is 0.381 e. The van der Waals surface area contributed by atoms with Crippen molar-refractivity contribution in [1.29, 1.82) is 0 Å². The molecule has 0 aromatic heterocycles. The number of rotatable bonds is 9. The lowest BCUT2D eigenvalue weighted by molar-refractivity contribution is -0.131. The summed E-state index contributed by atoms with van der Waals surface area (Å²) >= 11 is 3.32. The fourth-order valence-electron chi connectivity index (χ4n) is 3.08. The molecule has 1 rings (SSSR count). The molecule has 1 N–H and O–H groups in total. The molecule has 0 radical (unpaired) electrons. The molecule has 3 nitrogen and oxygen atoms in total. The number of carbonyl (C=O) groups excluding carboxylic acids is 1. The number of ether oxygens (including phenoxy) is 1. The van der Waals surface area contributed by atoms with Crippen molar-refractivity contribution < 1.29 is 9.53 Å². The van der Waals surface area contributed by atoms with E-state index in [1.54, 1.807) is 0 Å². The summed E-state index contributed by atoms with van der Waals surface area (Å²) in [5.74, 6) is 0.866. The fraction of sp³-hybridized carbons (Fsp3) is 0.933. The molecule has 0 saturated heterocycles. The number of amides is 1. The molecule has 0 spiro atoms. The highest BCUT2D eigenvalue weighted by molar-refractivity contribution is 9.09. The summed E-state index contributed by atoms with van der Waals surface area (Å²) in [5, 5.41) is 3.99. The quantitative estimate of drug-likeness (QED) is 0.518. The normalized spacial score (nSPS) is 17.9. The van der Waals surface area contributed by atoms with E-state index >= 15 is 0 Å². The first kappa shape index (κ1) is 17.0. The Balaban J connectivity index is 2.29. The van der Waals surface area contributed by atoms with Crippen molar-refractivity contribution in [3.63, 3.8) is 0 Å². The van der Waals surface area contributed by atoms with E-state index in [4.69, 9.17) is 4.74 Å². The van der Waals surface area contributed by atoms with Crippen LogP contribution in [-0.4, -0.2) is 31.0 Å². The number of hydrogen-bond acceptors (Lipinski definition) is 2. The van der Waals surface area contributed by atoms with E-state index in [2.05, 4.69) is 35.1 Å². The van der Waals surface area contributed by atoms with Crippen LogP contribution in [-0.2, 0) is 9.53 Å². The van der Waals surface area contributed by atoms with Gasteiger partial charge in [-0.25, -0.2) is 0 Å². The molecule has 112 valence electrons. The summed E-state index contributed by atoms with van der Waals surface area (Å²) in [4.78, 5) is 12.4. The smallest absolute Gasteiger partial charge is 0.226 e. The molecule has 1 aliphatic rings. The second-order valence-electron chi connectivity index (χ2n) is 6.00. The van der Waals surface area contributed by atoms with Crippen LogP contribution in [0.15, 0.2) is 0 Å². The molecule has 1 fully saturated rings. The minimum Gasteiger partial charge on any atom is -0.381 e. The molecule has 0 aromatic carbocycles. The Kier molecular flexibility index (Phi) is 8.00. The first-order valence-electron chi connectivity index (χ1n) is 7.53. The molecule has 4 heteroatoms. The molecule has 0 atom stereocenters. The number of hydrogen-bond donors (Lipinski definition) is 1. The molecule has 0 aromatic rings. The Morgan fingerprint density at radius 3 is 2.58 bits per heavy atom. The van der Waals surface area contributed by atoms with Gasteiger partial charge >= 0.3 is 0 Å². The third-order valence-electron chi connectivity index (χ3n) is 3.81. The lowest BCUT2D eigenvalue weighted by Gasteiger charge is -2.29. The Morgan fingerprint density at radius 1 is 1.32 bits per heavy atom. The van der Waals surface area contributed by atoms with Crippen LogP contribution in [0.1, 0.15) is 52.4 Å². The maximum absolute atomic E-state index is 12.4. The molecule has 0 aliphatic heterocycles. The van der Waals surface area contributed by atoms with Gasteiger partial charge < -0.3 is 10.1 Å². The van der Waals surface area contributed by atoms with Gasteiger partial charge in [0.05, 0.1) is 6.61 Å². The van der Waals surface area contributed by atoms with Gasteiger partial charge in [0.2, 0.25) is 5.91 Å². The van der Waals surface area contributed by atoms with Crippen LogP contribution in [0.3, 0.4) is 0 Å². The molecular weight excluding hydrogens is 306 g/mol. The highest BCUT2D eigenvalue weighted by Gasteiger charge is 2.40. The van der Waals surface area contributed by atoms with Gasteiger partial charge in [-0.05, 0) is 31.6 Å². The molecule has 0 bridgehead atoms. The maximum Gasteiger partial charge on any atom is 0.226 e. The van der Waals surface area contributed by atoms with Gasteiger partial charge in [-0.3, -0.25) is 4.79 Å². The number of nitrogens with one attached hydrogen (secondary N) is 1. The van der Waals surface area contributed by atoms with Crippen LogP contribution in [0, 0.1) is 11.3 Å². The third kappa shape index (κ3) is 5.82. The van der Waals surface area contributed by atoms with E-state index in [0.717, 1.165) is 50.8 Å². The molecule has 1 aliphatic carbocycles. The first-order valence-corrected chi connectivity index (χ1v) is 8.65. The summed E-state index contributed by atoms with van der Waals surface area (Å²) in [5.41, 5.74) is -0.0785. The Labute approximate surface area is 126 Å². The fourth-order valence-corrected chi connectivity index (χ4v) is 3.31.